The lowest BCUT2D eigenvalue weighted by molar-refractivity contribution is -0.294. The second-order valence-corrected chi connectivity index (χ2v) is 5.46. The Labute approximate surface area is 151 Å². The fourth-order valence-corrected chi connectivity index (χ4v) is 2.14. The zero-order valence-corrected chi connectivity index (χ0v) is 13.4. The molecule has 0 saturated carbocycles. The quantitative estimate of drug-likeness (QED) is 0.557. The van der Waals surface area contributed by atoms with E-state index in [9.17, 15) is 44.3 Å². The van der Waals surface area contributed by atoms with Gasteiger partial charge in [-0.3, -0.25) is 4.79 Å². The molecule has 28 heavy (non-hydrogen) atoms. The SMILES string of the molecule is O=C(NC(Nc1ccc(F)cc1F)(C(F)(F)F)C(F)(F)F)c1cccc(F)c1. The molecule has 0 atom stereocenters. The minimum atomic E-state index is -6.23. The number of carbonyl (C=O) groups is 1. The summed E-state index contributed by atoms with van der Waals surface area (Å²) in [6.07, 6.45) is -12.5. The molecule has 2 rings (SSSR count). The second-order valence-electron chi connectivity index (χ2n) is 5.46. The van der Waals surface area contributed by atoms with Crippen LogP contribution in [0.5, 0.6) is 0 Å². The first-order valence-corrected chi connectivity index (χ1v) is 7.21. The van der Waals surface area contributed by atoms with Crippen LogP contribution in [0.3, 0.4) is 0 Å². The van der Waals surface area contributed by atoms with Gasteiger partial charge in [-0.05, 0) is 30.3 Å². The average Bonchev–Trinajstić information content (AvgIpc) is 2.54. The summed E-state index contributed by atoms with van der Waals surface area (Å²) in [5.74, 6) is -6.05. The van der Waals surface area contributed by atoms with Gasteiger partial charge in [-0.15, -0.1) is 0 Å². The third-order valence-electron chi connectivity index (χ3n) is 3.49. The van der Waals surface area contributed by atoms with Gasteiger partial charge in [0.05, 0.1) is 5.69 Å². The predicted octanol–water partition coefficient (Wildman–Crippen LogP) is 4.77. The average molecular weight is 416 g/mol. The Hall–Kier alpha value is -2.92. The van der Waals surface area contributed by atoms with Gasteiger partial charge in [0, 0.05) is 11.6 Å². The lowest BCUT2D eigenvalue weighted by atomic mass is 10.1. The van der Waals surface area contributed by atoms with E-state index in [2.05, 4.69) is 0 Å². The first-order chi connectivity index (χ1) is 12.8. The van der Waals surface area contributed by atoms with Crippen molar-refractivity contribution in [1.82, 2.24) is 5.32 Å². The fraction of sp³-hybridized carbons (Fsp3) is 0.188. The molecule has 2 aromatic rings. The summed E-state index contributed by atoms with van der Waals surface area (Å²) < 4.78 is 120. The van der Waals surface area contributed by atoms with E-state index in [1.165, 1.54) is 0 Å². The lowest BCUT2D eigenvalue weighted by Gasteiger charge is -2.39. The van der Waals surface area contributed by atoms with Crippen molar-refractivity contribution in [3.8, 4) is 0 Å². The normalized spacial score (nSPS) is 12.6. The van der Waals surface area contributed by atoms with E-state index >= 15 is 0 Å². The Morgan fingerprint density at radius 1 is 0.786 bits per heavy atom. The van der Waals surface area contributed by atoms with Crippen LogP contribution in [0.15, 0.2) is 42.5 Å². The van der Waals surface area contributed by atoms with Crippen LogP contribution in [0.25, 0.3) is 0 Å². The highest BCUT2D eigenvalue weighted by molar-refractivity contribution is 5.95. The first-order valence-electron chi connectivity index (χ1n) is 7.21. The van der Waals surface area contributed by atoms with Gasteiger partial charge >= 0.3 is 18.0 Å². The van der Waals surface area contributed by atoms with E-state index < -0.39 is 52.6 Å². The molecule has 0 saturated heterocycles. The highest BCUT2D eigenvalue weighted by Gasteiger charge is 2.72. The fourth-order valence-electron chi connectivity index (χ4n) is 2.14. The minimum Gasteiger partial charge on any atom is -0.345 e. The van der Waals surface area contributed by atoms with E-state index in [0.717, 1.165) is 28.8 Å². The van der Waals surface area contributed by atoms with Gasteiger partial charge < -0.3 is 10.6 Å². The summed E-state index contributed by atoms with van der Waals surface area (Å²) in [4.78, 5) is 12.0. The lowest BCUT2D eigenvalue weighted by Crippen LogP contribution is -2.72. The number of alkyl halides is 6. The summed E-state index contributed by atoms with van der Waals surface area (Å²) in [6, 6.07) is 3.64. The van der Waals surface area contributed by atoms with E-state index in [1.54, 1.807) is 0 Å². The molecule has 1 amide bonds. The van der Waals surface area contributed by atoms with Gasteiger partial charge in [-0.1, -0.05) is 6.07 Å². The minimum absolute atomic E-state index is 0.0498. The van der Waals surface area contributed by atoms with Crippen molar-refractivity contribution >= 4 is 11.6 Å². The van der Waals surface area contributed by atoms with Crippen molar-refractivity contribution in [3.05, 3.63) is 65.5 Å². The monoisotopic (exact) mass is 416 g/mol. The Morgan fingerprint density at radius 3 is 1.86 bits per heavy atom. The molecule has 0 aliphatic heterocycles. The largest absolute Gasteiger partial charge is 0.439 e. The number of carbonyl (C=O) groups excluding carboxylic acids is 1. The van der Waals surface area contributed by atoms with Crippen molar-refractivity contribution in [2.24, 2.45) is 0 Å². The molecule has 0 aromatic heterocycles. The number of halogens is 9. The third kappa shape index (κ3) is 4.15. The van der Waals surface area contributed by atoms with Gasteiger partial charge in [-0.2, -0.15) is 26.3 Å². The molecule has 2 N–H and O–H groups in total. The van der Waals surface area contributed by atoms with E-state index in [1.807, 2.05) is 0 Å². The van der Waals surface area contributed by atoms with Crippen LogP contribution >= 0.6 is 0 Å². The van der Waals surface area contributed by atoms with Crippen molar-refractivity contribution in [2.45, 2.75) is 18.0 Å². The molecule has 152 valence electrons. The molecule has 3 nitrogen and oxygen atoms in total. The van der Waals surface area contributed by atoms with Crippen LogP contribution < -0.4 is 10.6 Å². The molecule has 0 fully saturated rings. The van der Waals surface area contributed by atoms with Crippen LogP contribution in [0.1, 0.15) is 10.4 Å². The number of hydrogen-bond donors (Lipinski definition) is 2. The van der Waals surface area contributed by atoms with E-state index in [4.69, 9.17) is 0 Å². The Morgan fingerprint density at radius 2 is 1.36 bits per heavy atom. The van der Waals surface area contributed by atoms with Gasteiger partial charge in [-0.25, -0.2) is 13.2 Å². The van der Waals surface area contributed by atoms with Crippen LogP contribution in [-0.4, -0.2) is 23.9 Å². The van der Waals surface area contributed by atoms with E-state index in [-0.39, 0.29) is 6.07 Å². The smallest absolute Gasteiger partial charge is 0.345 e. The number of rotatable bonds is 4. The maximum absolute atomic E-state index is 13.7. The number of hydrogen-bond acceptors (Lipinski definition) is 2. The topological polar surface area (TPSA) is 41.1 Å². The summed E-state index contributed by atoms with van der Waals surface area (Å²) in [6.45, 7) is 0. The molecule has 0 aliphatic carbocycles. The predicted molar refractivity (Wildman–Crippen MR) is 78.7 cm³/mol. The van der Waals surface area contributed by atoms with Crippen molar-refractivity contribution in [3.63, 3.8) is 0 Å². The molecular formula is C16H9F9N2O. The number of nitrogens with one attached hydrogen (secondary N) is 2. The van der Waals surface area contributed by atoms with Crippen LogP contribution in [-0.2, 0) is 0 Å². The summed E-state index contributed by atoms with van der Waals surface area (Å²) in [5.41, 5.74) is -7.38. The third-order valence-corrected chi connectivity index (χ3v) is 3.49. The van der Waals surface area contributed by atoms with Crippen molar-refractivity contribution in [2.75, 3.05) is 5.32 Å². The van der Waals surface area contributed by atoms with Crippen LogP contribution in [0, 0.1) is 17.5 Å². The second kappa shape index (κ2) is 7.24. The summed E-state index contributed by atoms with van der Waals surface area (Å²) >= 11 is 0. The molecule has 0 bridgehead atoms. The highest BCUT2D eigenvalue weighted by atomic mass is 19.4. The molecule has 0 heterocycles. The molecule has 0 aliphatic rings. The molecule has 12 heteroatoms. The highest BCUT2D eigenvalue weighted by Crippen LogP contribution is 2.44. The Balaban J connectivity index is 2.56. The molecule has 2 aromatic carbocycles. The Bertz CT molecular complexity index is 863. The Kier molecular flexibility index (Phi) is 5.53. The van der Waals surface area contributed by atoms with Crippen LogP contribution in [0.2, 0.25) is 0 Å². The number of benzene rings is 2. The summed E-state index contributed by atoms with van der Waals surface area (Å²) in [7, 11) is 0. The molecular weight excluding hydrogens is 407 g/mol. The molecule has 0 radical (unpaired) electrons. The van der Waals surface area contributed by atoms with Crippen molar-refractivity contribution < 1.29 is 44.3 Å². The van der Waals surface area contributed by atoms with Crippen LogP contribution in [0.4, 0.5) is 45.2 Å². The zero-order valence-electron chi connectivity index (χ0n) is 13.4. The maximum Gasteiger partial charge on any atom is 0.439 e. The van der Waals surface area contributed by atoms with Gasteiger partial charge in [0.25, 0.3) is 5.91 Å². The first kappa shape index (κ1) is 21.4. The van der Waals surface area contributed by atoms with Gasteiger partial charge in [0.15, 0.2) is 0 Å². The van der Waals surface area contributed by atoms with Gasteiger partial charge in [0.1, 0.15) is 17.5 Å². The number of amides is 1. The number of anilines is 1. The standard InChI is InChI=1S/C16H9F9N2O/c17-9-3-1-2-8(6-9)13(28)27-14(15(20,21)22,16(23,24)25)26-12-5-4-10(18)7-11(12)19/h1-7,26H,(H,27,28). The van der Waals surface area contributed by atoms with Gasteiger partial charge in [0.2, 0.25) is 0 Å². The molecule has 0 spiro atoms. The summed E-state index contributed by atoms with van der Waals surface area (Å²) in [5, 5.41) is 1.58. The van der Waals surface area contributed by atoms with Crippen molar-refractivity contribution in [1.29, 1.82) is 0 Å². The maximum atomic E-state index is 13.7. The zero-order chi connectivity index (χ0) is 21.3. The van der Waals surface area contributed by atoms with E-state index in [0.29, 0.717) is 18.2 Å². The molecule has 0 unspecified atom stereocenters.